The van der Waals surface area contributed by atoms with Crippen LogP contribution in [0.3, 0.4) is 0 Å². The fourth-order valence-electron chi connectivity index (χ4n) is 3.07. The molecule has 2 heterocycles. The van der Waals surface area contributed by atoms with Gasteiger partial charge in [-0.2, -0.15) is 10.2 Å². The molecule has 0 spiro atoms. The Labute approximate surface area is 197 Å². The Morgan fingerprint density at radius 3 is 2.62 bits per heavy atom. The topological polar surface area (TPSA) is 90.0 Å². The molecule has 1 N–H and O–H groups in total. The summed E-state index contributed by atoms with van der Waals surface area (Å²) in [5.41, 5.74) is 6.07. The molecule has 0 aliphatic rings. The molecule has 32 heavy (non-hydrogen) atoms. The van der Waals surface area contributed by atoms with Crippen molar-refractivity contribution in [3.8, 4) is 17.1 Å². The molecule has 2 aromatic carbocycles. The summed E-state index contributed by atoms with van der Waals surface area (Å²) in [4.78, 5) is 12.3. The number of benzene rings is 2. The number of nitrogens with one attached hydrogen (secondary N) is 1. The number of aryl methyl sites for hydroxylation is 2. The predicted octanol–water partition coefficient (Wildman–Crippen LogP) is 3.98. The molecule has 0 radical (unpaired) electrons. The molecular weight excluding hydrogens is 490 g/mol. The van der Waals surface area contributed by atoms with Gasteiger partial charge in [0.25, 0.3) is 5.91 Å². The summed E-state index contributed by atoms with van der Waals surface area (Å²) in [6.45, 7) is 1.89. The molecule has 0 aliphatic heterocycles. The normalized spacial score (nSPS) is 11.2. The quantitative estimate of drug-likeness (QED) is 0.231. The van der Waals surface area contributed by atoms with Crippen LogP contribution in [0, 0.1) is 6.92 Å². The summed E-state index contributed by atoms with van der Waals surface area (Å²) in [6.07, 6.45) is 3.42. The van der Waals surface area contributed by atoms with Crippen LogP contribution in [0.1, 0.15) is 11.3 Å². The number of hydrogen-bond acceptors (Lipinski definition) is 6. The van der Waals surface area contributed by atoms with Crippen molar-refractivity contribution in [3.63, 3.8) is 0 Å². The molecule has 0 atom stereocenters. The van der Waals surface area contributed by atoms with E-state index < -0.39 is 0 Å². The van der Waals surface area contributed by atoms with Crippen LogP contribution in [0.25, 0.3) is 17.1 Å². The summed E-state index contributed by atoms with van der Waals surface area (Å²) >= 11 is 4.89. The van der Waals surface area contributed by atoms with Crippen molar-refractivity contribution >= 4 is 39.8 Å². The van der Waals surface area contributed by atoms with Gasteiger partial charge in [-0.05, 0) is 25.1 Å². The van der Waals surface area contributed by atoms with Gasteiger partial charge in [0.05, 0.1) is 17.7 Å². The van der Waals surface area contributed by atoms with Gasteiger partial charge in [0, 0.05) is 34.5 Å². The highest BCUT2D eigenvalue weighted by molar-refractivity contribution is 9.10. The first-order valence-corrected chi connectivity index (χ1v) is 11.5. The van der Waals surface area contributed by atoms with E-state index in [2.05, 4.69) is 41.8 Å². The van der Waals surface area contributed by atoms with Gasteiger partial charge in [0.15, 0.2) is 11.0 Å². The maximum absolute atomic E-state index is 12.3. The van der Waals surface area contributed by atoms with Crippen LogP contribution in [0.15, 0.2) is 75.5 Å². The first kappa shape index (κ1) is 22.0. The largest absolute Gasteiger partial charge is 0.275 e. The Morgan fingerprint density at radius 2 is 1.91 bits per heavy atom. The second-order valence-electron chi connectivity index (χ2n) is 6.88. The van der Waals surface area contributed by atoms with E-state index in [-0.39, 0.29) is 11.7 Å². The summed E-state index contributed by atoms with van der Waals surface area (Å²) < 4.78 is 4.56. The third-order valence-corrected chi connectivity index (χ3v) is 6.16. The van der Waals surface area contributed by atoms with Gasteiger partial charge in [-0.25, -0.2) is 5.43 Å². The molecule has 10 heteroatoms. The molecule has 162 valence electrons. The Balaban J connectivity index is 1.52. The zero-order valence-electron chi connectivity index (χ0n) is 17.4. The lowest BCUT2D eigenvalue weighted by Crippen LogP contribution is -2.20. The highest BCUT2D eigenvalue weighted by Crippen LogP contribution is 2.31. The number of para-hydroxylation sites is 1. The van der Waals surface area contributed by atoms with Gasteiger partial charge in [0.1, 0.15) is 0 Å². The van der Waals surface area contributed by atoms with E-state index in [1.165, 1.54) is 11.8 Å². The molecule has 0 unspecified atom stereocenters. The van der Waals surface area contributed by atoms with Crippen molar-refractivity contribution < 1.29 is 4.79 Å². The smallest absolute Gasteiger partial charge is 0.250 e. The molecule has 0 saturated heterocycles. The minimum absolute atomic E-state index is 0.143. The Hall–Kier alpha value is -3.24. The maximum Gasteiger partial charge on any atom is 0.250 e. The van der Waals surface area contributed by atoms with E-state index in [4.69, 9.17) is 0 Å². The number of carbonyl (C=O) groups excluding carboxylic acids is 1. The fourth-order valence-corrected chi connectivity index (χ4v) is 4.28. The minimum Gasteiger partial charge on any atom is -0.275 e. The Morgan fingerprint density at radius 1 is 1.16 bits per heavy atom. The number of aromatic nitrogens is 5. The number of carbonyl (C=O) groups is 1. The standard InChI is InChI=1S/C22H20BrN7OS/c1-15-16(13-29(2)28-15)12-24-25-20(31)14-32-22-27-26-21(18-10-6-7-11-19(18)23)30(22)17-8-4-3-5-9-17/h3-13H,14H2,1-2H3,(H,25,31). The monoisotopic (exact) mass is 509 g/mol. The van der Waals surface area contributed by atoms with Crippen LogP contribution in [-0.4, -0.2) is 42.4 Å². The number of hydrazone groups is 1. The second kappa shape index (κ2) is 9.92. The number of halogens is 1. The van der Waals surface area contributed by atoms with Crippen molar-refractivity contribution in [3.05, 3.63) is 76.5 Å². The number of hydrogen-bond donors (Lipinski definition) is 1. The molecule has 1 amide bonds. The number of thioether (sulfide) groups is 1. The van der Waals surface area contributed by atoms with E-state index in [9.17, 15) is 4.79 Å². The predicted molar refractivity (Wildman–Crippen MR) is 129 cm³/mol. The highest BCUT2D eigenvalue weighted by atomic mass is 79.9. The number of nitrogens with zero attached hydrogens (tertiary/aromatic N) is 6. The third kappa shape index (κ3) is 4.97. The van der Waals surface area contributed by atoms with E-state index >= 15 is 0 Å². The van der Waals surface area contributed by atoms with Gasteiger partial charge in [0.2, 0.25) is 0 Å². The molecule has 0 aliphatic carbocycles. The lowest BCUT2D eigenvalue weighted by molar-refractivity contribution is -0.118. The van der Waals surface area contributed by atoms with E-state index in [0.29, 0.717) is 11.0 Å². The fraction of sp³-hybridized carbons (Fsp3) is 0.136. The summed E-state index contributed by atoms with van der Waals surface area (Å²) in [6, 6.07) is 17.7. The molecule has 0 bridgehead atoms. The van der Waals surface area contributed by atoms with Gasteiger partial charge >= 0.3 is 0 Å². The molecule has 4 aromatic rings. The zero-order valence-corrected chi connectivity index (χ0v) is 19.8. The van der Waals surface area contributed by atoms with Gasteiger partial charge in [-0.3, -0.25) is 14.0 Å². The molecule has 0 saturated carbocycles. The van der Waals surface area contributed by atoms with Gasteiger partial charge < -0.3 is 0 Å². The first-order chi connectivity index (χ1) is 15.5. The van der Waals surface area contributed by atoms with Crippen LogP contribution < -0.4 is 5.43 Å². The van der Waals surface area contributed by atoms with Crippen molar-refractivity contribution in [2.75, 3.05) is 5.75 Å². The zero-order chi connectivity index (χ0) is 22.5. The Bertz CT molecular complexity index is 1270. The molecule has 0 fully saturated rings. The van der Waals surface area contributed by atoms with Crippen molar-refractivity contribution in [1.29, 1.82) is 0 Å². The molecular formula is C22H20BrN7OS. The molecule has 8 nitrogen and oxygen atoms in total. The van der Waals surface area contributed by atoms with E-state index in [1.807, 2.05) is 79.3 Å². The van der Waals surface area contributed by atoms with Crippen LogP contribution in [0.2, 0.25) is 0 Å². The van der Waals surface area contributed by atoms with Crippen LogP contribution in [0.5, 0.6) is 0 Å². The van der Waals surface area contributed by atoms with E-state index in [1.54, 1.807) is 10.9 Å². The van der Waals surface area contributed by atoms with Gasteiger partial charge in [-0.1, -0.05) is 64.1 Å². The van der Waals surface area contributed by atoms with Crippen LogP contribution >= 0.6 is 27.7 Å². The number of amides is 1. The highest BCUT2D eigenvalue weighted by Gasteiger charge is 2.18. The minimum atomic E-state index is -0.238. The third-order valence-electron chi connectivity index (χ3n) is 4.54. The second-order valence-corrected chi connectivity index (χ2v) is 8.68. The van der Waals surface area contributed by atoms with E-state index in [0.717, 1.165) is 27.0 Å². The summed E-state index contributed by atoms with van der Waals surface area (Å²) in [5.74, 6) is 0.596. The lowest BCUT2D eigenvalue weighted by atomic mass is 10.2. The van der Waals surface area contributed by atoms with Crippen molar-refractivity contribution in [2.45, 2.75) is 12.1 Å². The van der Waals surface area contributed by atoms with Crippen molar-refractivity contribution in [2.24, 2.45) is 12.1 Å². The molecule has 2 aromatic heterocycles. The van der Waals surface area contributed by atoms with Gasteiger partial charge in [-0.15, -0.1) is 10.2 Å². The SMILES string of the molecule is Cc1nn(C)cc1C=NNC(=O)CSc1nnc(-c2ccccc2Br)n1-c1ccccc1. The maximum atomic E-state index is 12.3. The number of rotatable bonds is 7. The van der Waals surface area contributed by atoms with Crippen LogP contribution in [-0.2, 0) is 11.8 Å². The summed E-state index contributed by atoms with van der Waals surface area (Å²) in [5, 5.41) is 17.6. The molecule has 4 rings (SSSR count). The lowest BCUT2D eigenvalue weighted by Gasteiger charge is -2.11. The average Bonchev–Trinajstić information content (AvgIpc) is 3.35. The average molecular weight is 510 g/mol. The first-order valence-electron chi connectivity index (χ1n) is 9.73. The summed E-state index contributed by atoms with van der Waals surface area (Å²) in [7, 11) is 1.84. The van der Waals surface area contributed by atoms with Crippen LogP contribution in [0.4, 0.5) is 0 Å². The Kier molecular flexibility index (Phi) is 6.81. The van der Waals surface area contributed by atoms with Crippen molar-refractivity contribution in [1.82, 2.24) is 30.0 Å².